The molecule has 5 heteroatoms. The van der Waals surface area contributed by atoms with Gasteiger partial charge in [-0.3, -0.25) is 0 Å². The fraction of sp³-hybridized carbons (Fsp3) is 0.222. The van der Waals surface area contributed by atoms with E-state index >= 15 is 0 Å². The Hall–Kier alpha value is -2.82. The van der Waals surface area contributed by atoms with Gasteiger partial charge in [0, 0.05) is 13.5 Å². The quantitative estimate of drug-likeness (QED) is 0.912. The van der Waals surface area contributed by atoms with Crippen LogP contribution in [-0.4, -0.2) is 31.4 Å². The number of oxime groups is 1. The van der Waals surface area contributed by atoms with Gasteiger partial charge in [0.15, 0.2) is 6.10 Å². The molecule has 23 heavy (non-hydrogen) atoms. The lowest BCUT2D eigenvalue weighted by Crippen LogP contribution is -2.38. The van der Waals surface area contributed by atoms with Crippen LogP contribution >= 0.6 is 0 Å². The number of carbonyl (C=O) groups excluding carboxylic acids is 1. The summed E-state index contributed by atoms with van der Waals surface area (Å²) >= 11 is 0. The summed E-state index contributed by atoms with van der Waals surface area (Å²) in [6, 6.07) is 18.3. The largest absolute Gasteiger partial charge is 0.390 e. The van der Waals surface area contributed by atoms with Gasteiger partial charge in [0.2, 0.25) is 0 Å². The van der Waals surface area contributed by atoms with E-state index in [-0.39, 0.29) is 12.1 Å². The van der Waals surface area contributed by atoms with E-state index in [4.69, 9.17) is 4.84 Å². The minimum atomic E-state index is -0.214. The van der Waals surface area contributed by atoms with Crippen LogP contribution < -0.4 is 10.6 Å². The van der Waals surface area contributed by atoms with Crippen LogP contribution in [0.25, 0.3) is 11.1 Å². The van der Waals surface area contributed by atoms with Crippen LogP contribution in [0, 0.1) is 0 Å². The minimum Gasteiger partial charge on any atom is -0.390 e. The number of nitrogens with zero attached hydrogens (tertiary/aromatic N) is 1. The van der Waals surface area contributed by atoms with E-state index in [2.05, 4.69) is 52.2 Å². The van der Waals surface area contributed by atoms with Crippen molar-refractivity contribution in [2.24, 2.45) is 5.16 Å². The van der Waals surface area contributed by atoms with E-state index in [0.717, 1.165) is 11.3 Å². The normalized spacial score (nSPS) is 16.4. The van der Waals surface area contributed by atoms with Crippen LogP contribution in [0.4, 0.5) is 4.79 Å². The SMILES string of the molecule is CNC(=O)NC[C@H]1CC(c2ccc(-c3ccccc3)cc2)=NO1. The molecule has 118 valence electrons. The highest BCUT2D eigenvalue weighted by atomic mass is 16.6. The van der Waals surface area contributed by atoms with Crippen LogP contribution in [0.2, 0.25) is 0 Å². The van der Waals surface area contributed by atoms with Crippen molar-refractivity contribution < 1.29 is 9.63 Å². The second kappa shape index (κ2) is 6.96. The summed E-state index contributed by atoms with van der Waals surface area (Å²) in [7, 11) is 1.58. The molecule has 0 aromatic heterocycles. The molecule has 0 unspecified atom stereocenters. The predicted molar refractivity (Wildman–Crippen MR) is 90.4 cm³/mol. The molecule has 1 atom stereocenters. The highest BCUT2D eigenvalue weighted by Crippen LogP contribution is 2.22. The summed E-state index contributed by atoms with van der Waals surface area (Å²) in [5.74, 6) is 0. The Morgan fingerprint density at radius 3 is 2.43 bits per heavy atom. The Morgan fingerprint density at radius 1 is 1.09 bits per heavy atom. The van der Waals surface area contributed by atoms with Gasteiger partial charge in [-0.1, -0.05) is 59.8 Å². The van der Waals surface area contributed by atoms with Gasteiger partial charge in [-0.25, -0.2) is 4.79 Å². The van der Waals surface area contributed by atoms with Gasteiger partial charge in [-0.05, 0) is 16.7 Å². The van der Waals surface area contributed by atoms with Crippen molar-refractivity contribution in [3.8, 4) is 11.1 Å². The Balaban J connectivity index is 1.61. The van der Waals surface area contributed by atoms with Crippen LogP contribution in [0.5, 0.6) is 0 Å². The number of urea groups is 1. The number of nitrogens with one attached hydrogen (secondary N) is 2. The predicted octanol–water partition coefficient (Wildman–Crippen LogP) is 2.78. The molecule has 2 aromatic carbocycles. The molecule has 1 aliphatic rings. The first-order chi connectivity index (χ1) is 11.3. The maximum absolute atomic E-state index is 11.2. The highest BCUT2D eigenvalue weighted by molar-refractivity contribution is 6.01. The molecule has 0 bridgehead atoms. The van der Waals surface area contributed by atoms with E-state index in [1.54, 1.807) is 7.05 Å². The zero-order valence-corrected chi connectivity index (χ0v) is 13.0. The van der Waals surface area contributed by atoms with Crippen LogP contribution in [0.15, 0.2) is 59.8 Å². The zero-order chi connectivity index (χ0) is 16.1. The zero-order valence-electron chi connectivity index (χ0n) is 13.0. The topological polar surface area (TPSA) is 62.7 Å². The number of benzene rings is 2. The summed E-state index contributed by atoms with van der Waals surface area (Å²) < 4.78 is 0. The van der Waals surface area contributed by atoms with Gasteiger partial charge in [0.1, 0.15) is 0 Å². The molecule has 0 aliphatic carbocycles. The fourth-order valence-corrected chi connectivity index (χ4v) is 2.49. The summed E-state index contributed by atoms with van der Waals surface area (Å²) in [6.45, 7) is 0.439. The molecule has 0 fully saturated rings. The molecular formula is C18H19N3O2. The van der Waals surface area contributed by atoms with Crippen molar-refractivity contribution in [3.05, 3.63) is 60.2 Å². The molecule has 0 radical (unpaired) electrons. The molecule has 2 N–H and O–H groups in total. The highest BCUT2D eigenvalue weighted by Gasteiger charge is 2.22. The Morgan fingerprint density at radius 2 is 1.74 bits per heavy atom. The summed E-state index contributed by atoms with van der Waals surface area (Å²) in [5, 5.41) is 9.38. The first kappa shape index (κ1) is 15.1. The maximum Gasteiger partial charge on any atom is 0.314 e. The van der Waals surface area contributed by atoms with Crippen molar-refractivity contribution in [2.75, 3.05) is 13.6 Å². The standard InChI is InChI=1S/C18H19N3O2/c1-19-18(22)20-12-16-11-17(21-23-16)15-9-7-14(8-10-15)13-5-3-2-4-6-13/h2-10,16H,11-12H2,1H3,(H2,19,20,22)/t16-/m1/s1. The second-order valence-electron chi connectivity index (χ2n) is 5.37. The second-order valence-corrected chi connectivity index (χ2v) is 5.37. The van der Waals surface area contributed by atoms with Crippen molar-refractivity contribution >= 4 is 11.7 Å². The van der Waals surface area contributed by atoms with Crippen molar-refractivity contribution in [1.29, 1.82) is 0 Å². The first-order valence-electron chi connectivity index (χ1n) is 7.60. The number of rotatable bonds is 4. The monoisotopic (exact) mass is 309 g/mol. The summed E-state index contributed by atoms with van der Waals surface area (Å²) in [5.41, 5.74) is 4.32. The van der Waals surface area contributed by atoms with Crippen LogP contribution in [0.3, 0.4) is 0 Å². The van der Waals surface area contributed by atoms with Gasteiger partial charge in [0.05, 0.1) is 12.3 Å². The molecule has 1 heterocycles. The number of hydrogen-bond acceptors (Lipinski definition) is 3. The molecule has 0 spiro atoms. The van der Waals surface area contributed by atoms with Gasteiger partial charge in [-0.15, -0.1) is 0 Å². The molecule has 0 saturated heterocycles. The Labute approximate surface area is 135 Å². The average Bonchev–Trinajstić information content (AvgIpc) is 3.09. The minimum absolute atomic E-state index is 0.115. The first-order valence-corrected chi connectivity index (χ1v) is 7.60. The smallest absolute Gasteiger partial charge is 0.314 e. The number of carbonyl (C=O) groups is 1. The summed E-state index contributed by atoms with van der Waals surface area (Å²) in [6.07, 6.45) is 0.574. The fourth-order valence-electron chi connectivity index (χ4n) is 2.49. The van der Waals surface area contributed by atoms with Crippen molar-refractivity contribution in [3.63, 3.8) is 0 Å². The van der Waals surface area contributed by atoms with Gasteiger partial charge in [-0.2, -0.15) is 0 Å². The Kier molecular flexibility index (Phi) is 4.57. The third kappa shape index (κ3) is 3.69. The van der Waals surface area contributed by atoms with E-state index in [9.17, 15) is 4.79 Å². The molecule has 3 rings (SSSR count). The van der Waals surface area contributed by atoms with Crippen molar-refractivity contribution in [2.45, 2.75) is 12.5 Å². The van der Waals surface area contributed by atoms with E-state index in [1.807, 2.05) is 18.2 Å². The average molecular weight is 309 g/mol. The molecule has 2 aromatic rings. The lowest BCUT2D eigenvalue weighted by atomic mass is 10.0. The van der Waals surface area contributed by atoms with E-state index in [1.165, 1.54) is 11.1 Å². The molecule has 5 nitrogen and oxygen atoms in total. The van der Waals surface area contributed by atoms with Crippen LogP contribution in [0.1, 0.15) is 12.0 Å². The molecule has 0 saturated carbocycles. The number of hydrogen-bond donors (Lipinski definition) is 2. The van der Waals surface area contributed by atoms with Crippen molar-refractivity contribution in [1.82, 2.24) is 10.6 Å². The lowest BCUT2D eigenvalue weighted by Gasteiger charge is -2.09. The third-order valence-electron chi connectivity index (χ3n) is 3.78. The molecule has 2 amide bonds. The summed E-state index contributed by atoms with van der Waals surface area (Å²) in [4.78, 5) is 16.6. The van der Waals surface area contributed by atoms with E-state index in [0.29, 0.717) is 13.0 Å². The lowest BCUT2D eigenvalue weighted by molar-refractivity contribution is 0.0866. The molecular weight excluding hydrogens is 290 g/mol. The van der Waals surface area contributed by atoms with Gasteiger partial charge >= 0.3 is 6.03 Å². The van der Waals surface area contributed by atoms with Gasteiger partial charge in [0.25, 0.3) is 0 Å². The van der Waals surface area contributed by atoms with E-state index < -0.39 is 0 Å². The Bertz CT molecular complexity index is 696. The van der Waals surface area contributed by atoms with Gasteiger partial charge < -0.3 is 15.5 Å². The molecule has 1 aliphatic heterocycles. The van der Waals surface area contributed by atoms with Crippen LogP contribution in [-0.2, 0) is 4.84 Å². The number of amides is 2. The maximum atomic E-state index is 11.2. The third-order valence-corrected chi connectivity index (χ3v) is 3.78.